The Hall–Kier alpha value is -4.66. The van der Waals surface area contributed by atoms with Gasteiger partial charge >= 0.3 is 0 Å². The quantitative estimate of drug-likeness (QED) is 0.141. The predicted octanol–water partition coefficient (Wildman–Crippen LogP) is 6.14. The highest BCUT2D eigenvalue weighted by atomic mass is 35.5. The van der Waals surface area contributed by atoms with E-state index in [-0.39, 0.29) is 24.1 Å². The topological polar surface area (TPSA) is 95.6 Å². The Balaban J connectivity index is 1.27. The van der Waals surface area contributed by atoms with Gasteiger partial charge in [-0.25, -0.2) is 0 Å². The van der Waals surface area contributed by atoms with Gasteiger partial charge in [0.2, 0.25) is 0 Å². The number of hydrogen-bond acceptors (Lipinski definition) is 5. The van der Waals surface area contributed by atoms with E-state index >= 15 is 0 Å². The highest BCUT2D eigenvalue weighted by molar-refractivity contribution is 7.99. The number of benzene rings is 4. The Morgan fingerprint density at radius 3 is 2.17 bits per heavy atom. The number of thioether (sulfide) groups is 1. The van der Waals surface area contributed by atoms with Crippen LogP contribution in [0.5, 0.6) is 0 Å². The zero-order chi connectivity index (χ0) is 28.8. The summed E-state index contributed by atoms with van der Waals surface area (Å²) in [6, 6.07) is 29.6. The molecule has 1 heterocycles. The smallest absolute Gasteiger partial charge is 0.272 e. The van der Waals surface area contributed by atoms with E-state index < -0.39 is 11.8 Å². The Labute approximate surface area is 246 Å². The summed E-state index contributed by atoms with van der Waals surface area (Å²) in [7, 11) is 0. The van der Waals surface area contributed by atoms with Crippen LogP contribution in [0.25, 0.3) is 6.08 Å². The summed E-state index contributed by atoms with van der Waals surface area (Å²) in [6.07, 6.45) is 1.53. The molecule has 0 bridgehead atoms. The summed E-state index contributed by atoms with van der Waals surface area (Å²) < 4.78 is 0. The highest BCUT2D eigenvalue weighted by Gasteiger charge is 2.34. The molecule has 9 heteroatoms. The third-order valence-electron chi connectivity index (χ3n) is 6.29. The first-order valence-corrected chi connectivity index (χ1v) is 14.1. The van der Waals surface area contributed by atoms with Gasteiger partial charge in [-0.2, -0.15) is 0 Å². The lowest BCUT2D eigenvalue weighted by Gasteiger charge is -2.14. The number of hydrogen-bond donors (Lipinski definition) is 2. The summed E-state index contributed by atoms with van der Waals surface area (Å²) in [5, 5.41) is 5.97. The van der Waals surface area contributed by atoms with Crippen molar-refractivity contribution in [2.75, 3.05) is 17.6 Å². The normalized spacial score (nSPS) is 12.7. The first-order chi connectivity index (χ1) is 19.9. The SMILES string of the molecule is O=C(Nc1cccc(SCCN2C(=O)c3ccccc3C2=O)c1)/C(=C/c1ccccc1Cl)NC(=O)c1ccccc1. The van der Waals surface area contributed by atoms with Crippen LogP contribution in [0.3, 0.4) is 0 Å². The Bertz CT molecular complexity index is 1640. The second-order valence-corrected chi connectivity index (χ2v) is 10.6. The van der Waals surface area contributed by atoms with Gasteiger partial charge in [0.15, 0.2) is 0 Å². The summed E-state index contributed by atoms with van der Waals surface area (Å²) in [4.78, 5) is 53.5. The van der Waals surface area contributed by atoms with Gasteiger partial charge in [0.1, 0.15) is 5.70 Å². The van der Waals surface area contributed by atoms with Crippen molar-refractivity contribution in [3.63, 3.8) is 0 Å². The van der Waals surface area contributed by atoms with E-state index in [4.69, 9.17) is 11.6 Å². The molecule has 0 saturated heterocycles. The van der Waals surface area contributed by atoms with Crippen molar-refractivity contribution in [2.24, 2.45) is 0 Å². The molecule has 1 aliphatic heterocycles. The summed E-state index contributed by atoms with van der Waals surface area (Å²) in [5.74, 6) is -1.06. The van der Waals surface area contributed by atoms with E-state index in [1.165, 1.54) is 22.7 Å². The molecular formula is C32H24ClN3O4S. The van der Waals surface area contributed by atoms with Gasteiger partial charge in [-0.15, -0.1) is 11.8 Å². The number of halogens is 1. The van der Waals surface area contributed by atoms with Crippen LogP contribution in [0.4, 0.5) is 5.69 Å². The average molecular weight is 582 g/mol. The monoisotopic (exact) mass is 581 g/mol. The van der Waals surface area contributed by atoms with Gasteiger partial charge in [0.05, 0.1) is 11.1 Å². The van der Waals surface area contributed by atoms with Crippen molar-refractivity contribution in [3.8, 4) is 0 Å². The molecule has 0 saturated carbocycles. The molecule has 7 nitrogen and oxygen atoms in total. The molecule has 0 unspecified atom stereocenters. The maximum atomic E-state index is 13.3. The number of imide groups is 1. The van der Waals surface area contributed by atoms with Gasteiger partial charge in [-0.05, 0) is 60.2 Å². The molecule has 2 N–H and O–H groups in total. The van der Waals surface area contributed by atoms with Crippen molar-refractivity contribution < 1.29 is 19.2 Å². The van der Waals surface area contributed by atoms with E-state index in [2.05, 4.69) is 10.6 Å². The molecule has 4 aromatic carbocycles. The molecule has 0 atom stereocenters. The van der Waals surface area contributed by atoms with E-state index in [1.807, 2.05) is 6.07 Å². The average Bonchev–Trinajstić information content (AvgIpc) is 3.23. The van der Waals surface area contributed by atoms with Crippen molar-refractivity contribution in [1.82, 2.24) is 10.2 Å². The van der Waals surface area contributed by atoms with E-state index in [0.29, 0.717) is 38.7 Å². The molecule has 204 valence electrons. The minimum atomic E-state index is -0.526. The molecule has 1 aliphatic rings. The molecule has 41 heavy (non-hydrogen) atoms. The molecule has 0 radical (unpaired) electrons. The van der Waals surface area contributed by atoms with E-state index in [1.54, 1.807) is 97.1 Å². The Kier molecular flexibility index (Phi) is 8.62. The highest BCUT2D eigenvalue weighted by Crippen LogP contribution is 2.26. The Morgan fingerprint density at radius 2 is 1.46 bits per heavy atom. The fourth-order valence-electron chi connectivity index (χ4n) is 4.25. The molecule has 0 aromatic heterocycles. The van der Waals surface area contributed by atoms with Gasteiger partial charge in [-0.3, -0.25) is 24.1 Å². The molecule has 0 spiro atoms. The number of amides is 4. The molecular weight excluding hydrogens is 558 g/mol. The Morgan fingerprint density at radius 1 is 0.805 bits per heavy atom. The van der Waals surface area contributed by atoms with Crippen LogP contribution >= 0.6 is 23.4 Å². The first kappa shape index (κ1) is 27.9. The lowest BCUT2D eigenvalue weighted by Crippen LogP contribution is -2.31. The number of anilines is 1. The summed E-state index contributed by atoms with van der Waals surface area (Å²) in [5.41, 5.74) is 2.36. The molecule has 0 aliphatic carbocycles. The van der Waals surface area contributed by atoms with Crippen LogP contribution in [-0.4, -0.2) is 40.8 Å². The minimum absolute atomic E-state index is 0.0237. The van der Waals surface area contributed by atoms with Crippen molar-refractivity contribution in [2.45, 2.75) is 4.90 Å². The minimum Gasteiger partial charge on any atom is -0.321 e. The number of carbonyl (C=O) groups excluding carboxylic acids is 4. The number of rotatable bonds is 9. The number of nitrogens with one attached hydrogen (secondary N) is 2. The zero-order valence-electron chi connectivity index (χ0n) is 21.7. The number of nitrogens with zero attached hydrogens (tertiary/aromatic N) is 1. The van der Waals surface area contributed by atoms with Crippen LogP contribution in [0, 0.1) is 0 Å². The van der Waals surface area contributed by atoms with E-state index in [9.17, 15) is 19.2 Å². The molecule has 5 rings (SSSR count). The third kappa shape index (κ3) is 6.57. The lowest BCUT2D eigenvalue weighted by atomic mass is 10.1. The number of fused-ring (bicyclic) bond motifs is 1. The molecule has 0 fully saturated rings. The summed E-state index contributed by atoms with van der Waals surface area (Å²) in [6.45, 7) is 0.254. The lowest BCUT2D eigenvalue weighted by molar-refractivity contribution is -0.113. The second kappa shape index (κ2) is 12.7. The fourth-order valence-corrected chi connectivity index (χ4v) is 5.33. The largest absolute Gasteiger partial charge is 0.321 e. The third-order valence-corrected chi connectivity index (χ3v) is 7.61. The standard InChI is InChI=1S/C32H24ClN3O4S/c33-27-16-7-4-11-22(27)19-28(35-29(37)21-9-2-1-3-10-21)30(38)34-23-12-8-13-24(20-23)41-18-17-36-31(39)25-14-5-6-15-26(25)32(36)40/h1-16,19-20H,17-18H2,(H,34,38)(H,35,37)/b28-19-. The van der Waals surface area contributed by atoms with Crippen LogP contribution in [-0.2, 0) is 4.79 Å². The van der Waals surface area contributed by atoms with Gasteiger partial charge < -0.3 is 10.6 Å². The van der Waals surface area contributed by atoms with Gasteiger partial charge in [-0.1, -0.05) is 66.2 Å². The molecule has 4 aromatic rings. The number of carbonyl (C=O) groups is 4. The van der Waals surface area contributed by atoms with Crippen molar-refractivity contribution in [1.29, 1.82) is 0 Å². The summed E-state index contributed by atoms with van der Waals surface area (Å²) >= 11 is 7.76. The molecule has 4 amide bonds. The predicted molar refractivity (Wildman–Crippen MR) is 161 cm³/mol. The van der Waals surface area contributed by atoms with Crippen LogP contribution < -0.4 is 10.6 Å². The van der Waals surface area contributed by atoms with Crippen LogP contribution in [0.1, 0.15) is 36.6 Å². The maximum Gasteiger partial charge on any atom is 0.272 e. The van der Waals surface area contributed by atoms with Gasteiger partial charge in [0, 0.05) is 33.5 Å². The van der Waals surface area contributed by atoms with Crippen LogP contribution in [0.2, 0.25) is 5.02 Å². The van der Waals surface area contributed by atoms with E-state index in [0.717, 1.165) is 4.90 Å². The van der Waals surface area contributed by atoms with Crippen molar-refractivity contribution in [3.05, 3.63) is 136 Å². The zero-order valence-corrected chi connectivity index (χ0v) is 23.2. The first-order valence-electron chi connectivity index (χ1n) is 12.7. The second-order valence-electron chi connectivity index (χ2n) is 9.04. The maximum absolute atomic E-state index is 13.3. The van der Waals surface area contributed by atoms with Gasteiger partial charge in [0.25, 0.3) is 23.6 Å². The van der Waals surface area contributed by atoms with Crippen molar-refractivity contribution >= 4 is 58.8 Å². The van der Waals surface area contributed by atoms with Crippen LogP contribution in [0.15, 0.2) is 114 Å². The fraction of sp³-hybridized carbons (Fsp3) is 0.0625.